The molecule has 24 heavy (non-hydrogen) atoms. The van der Waals surface area contributed by atoms with Crippen LogP contribution in [0.15, 0.2) is 83.0 Å². The van der Waals surface area contributed by atoms with E-state index in [1.54, 1.807) is 12.1 Å². The second-order valence-electron chi connectivity index (χ2n) is 5.57. The van der Waals surface area contributed by atoms with Gasteiger partial charge in [-0.15, -0.1) is 10.2 Å². The highest BCUT2D eigenvalue weighted by molar-refractivity contribution is 6.00. The van der Waals surface area contributed by atoms with Crippen molar-refractivity contribution in [1.82, 2.24) is 0 Å². The number of anilines is 1. The number of benzene rings is 4. The molecule has 0 aliphatic heterocycles. The van der Waals surface area contributed by atoms with Crippen LogP contribution in [0, 0.1) is 0 Å². The lowest BCUT2D eigenvalue weighted by molar-refractivity contribution is 0.481. The molecule has 4 nitrogen and oxygen atoms in total. The highest BCUT2D eigenvalue weighted by Crippen LogP contribution is 2.34. The first-order valence-corrected chi connectivity index (χ1v) is 7.64. The van der Waals surface area contributed by atoms with Crippen molar-refractivity contribution in [3.63, 3.8) is 0 Å². The molecular formula is C20H15N3O. The molecule has 0 amide bonds. The van der Waals surface area contributed by atoms with Crippen molar-refractivity contribution in [2.24, 2.45) is 10.2 Å². The number of hydrogen-bond donors (Lipinski definition) is 2. The minimum Gasteiger partial charge on any atom is -0.507 e. The van der Waals surface area contributed by atoms with Gasteiger partial charge in [-0.25, -0.2) is 0 Å². The first kappa shape index (κ1) is 14.2. The number of rotatable bonds is 2. The molecule has 0 fully saturated rings. The highest BCUT2D eigenvalue weighted by Gasteiger charge is 2.05. The van der Waals surface area contributed by atoms with Gasteiger partial charge in [-0.05, 0) is 24.3 Å². The molecule has 0 saturated carbocycles. The number of phenolic OH excluding ortho intramolecular Hbond substituents is 1. The molecule has 0 spiro atoms. The first-order chi connectivity index (χ1) is 11.7. The number of phenols is 1. The van der Waals surface area contributed by atoms with Crippen LogP contribution in [0.25, 0.3) is 21.5 Å². The standard InChI is InChI=1S/C20H15N3O/c21-17-11-12-19(14-6-2-1-5-13(14)17)23-22-18-9-3-8-16-15(18)7-4-10-20(16)24/h1-12,24H,21H2. The lowest BCUT2D eigenvalue weighted by Gasteiger charge is -2.05. The summed E-state index contributed by atoms with van der Waals surface area (Å²) in [4.78, 5) is 0. The summed E-state index contributed by atoms with van der Waals surface area (Å²) in [5, 5.41) is 22.3. The van der Waals surface area contributed by atoms with E-state index in [1.807, 2.05) is 60.7 Å². The van der Waals surface area contributed by atoms with Crippen molar-refractivity contribution in [2.45, 2.75) is 0 Å². The molecule has 3 N–H and O–H groups in total. The first-order valence-electron chi connectivity index (χ1n) is 7.64. The van der Waals surface area contributed by atoms with Gasteiger partial charge in [0, 0.05) is 27.2 Å². The lowest BCUT2D eigenvalue weighted by Crippen LogP contribution is -1.86. The van der Waals surface area contributed by atoms with E-state index < -0.39 is 0 Å². The zero-order valence-corrected chi connectivity index (χ0v) is 12.8. The fourth-order valence-electron chi connectivity index (χ4n) is 2.87. The number of hydrogen-bond acceptors (Lipinski definition) is 4. The van der Waals surface area contributed by atoms with Gasteiger partial charge in [0.15, 0.2) is 0 Å². The fraction of sp³-hybridized carbons (Fsp3) is 0. The minimum absolute atomic E-state index is 0.238. The van der Waals surface area contributed by atoms with Crippen LogP contribution >= 0.6 is 0 Å². The summed E-state index contributed by atoms with van der Waals surface area (Å²) >= 11 is 0. The van der Waals surface area contributed by atoms with Gasteiger partial charge in [0.1, 0.15) is 5.75 Å². The fourth-order valence-corrected chi connectivity index (χ4v) is 2.87. The Hall–Kier alpha value is -3.40. The van der Waals surface area contributed by atoms with Gasteiger partial charge in [-0.3, -0.25) is 0 Å². The highest BCUT2D eigenvalue weighted by atomic mass is 16.3. The van der Waals surface area contributed by atoms with E-state index >= 15 is 0 Å². The van der Waals surface area contributed by atoms with E-state index in [2.05, 4.69) is 10.2 Å². The molecule has 4 aromatic carbocycles. The number of nitrogens with zero attached hydrogens (tertiary/aromatic N) is 2. The van der Waals surface area contributed by atoms with Crippen molar-refractivity contribution in [3.05, 3.63) is 72.8 Å². The summed E-state index contributed by atoms with van der Waals surface area (Å²) in [5.41, 5.74) is 8.22. The van der Waals surface area contributed by atoms with E-state index in [9.17, 15) is 5.11 Å². The second kappa shape index (κ2) is 5.66. The van der Waals surface area contributed by atoms with Crippen molar-refractivity contribution in [3.8, 4) is 5.75 Å². The number of fused-ring (bicyclic) bond motifs is 2. The van der Waals surface area contributed by atoms with Gasteiger partial charge in [-0.2, -0.15) is 0 Å². The third-order valence-corrected chi connectivity index (χ3v) is 4.08. The molecule has 0 unspecified atom stereocenters. The third-order valence-electron chi connectivity index (χ3n) is 4.08. The summed E-state index contributed by atoms with van der Waals surface area (Å²) < 4.78 is 0. The maximum Gasteiger partial charge on any atom is 0.123 e. The quantitative estimate of drug-likeness (QED) is 0.368. The maximum atomic E-state index is 9.97. The Morgan fingerprint density at radius 2 is 1.17 bits per heavy atom. The Morgan fingerprint density at radius 3 is 2.00 bits per heavy atom. The van der Waals surface area contributed by atoms with Crippen LogP contribution in [0.5, 0.6) is 5.75 Å². The van der Waals surface area contributed by atoms with Crippen molar-refractivity contribution in [2.75, 3.05) is 5.73 Å². The zero-order chi connectivity index (χ0) is 16.5. The number of nitrogens with two attached hydrogens (primary N) is 1. The van der Waals surface area contributed by atoms with Crippen LogP contribution in [0.3, 0.4) is 0 Å². The second-order valence-corrected chi connectivity index (χ2v) is 5.57. The average Bonchev–Trinajstić information content (AvgIpc) is 2.62. The normalized spacial score (nSPS) is 11.5. The Morgan fingerprint density at radius 1 is 0.583 bits per heavy atom. The lowest BCUT2D eigenvalue weighted by atomic mass is 10.1. The van der Waals surface area contributed by atoms with Crippen LogP contribution in [0.1, 0.15) is 0 Å². The predicted octanol–water partition coefficient (Wildman–Crippen LogP) is 5.70. The van der Waals surface area contributed by atoms with Gasteiger partial charge >= 0.3 is 0 Å². The SMILES string of the molecule is Nc1ccc(N=Nc2cccc3c(O)cccc23)c2ccccc12. The van der Waals surface area contributed by atoms with E-state index in [1.165, 1.54) is 0 Å². The Labute approximate surface area is 138 Å². The molecule has 0 radical (unpaired) electrons. The molecule has 116 valence electrons. The molecule has 0 aromatic heterocycles. The smallest absolute Gasteiger partial charge is 0.123 e. The molecule has 4 aromatic rings. The van der Waals surface area contributed by atoms with Gasteiger partial charge < -0.3 is 10.8 Å². The summed E-state index contributed by atoms with van der Waals surface area (Å²) in [6, 6.07) is 22.6. The van der Waals surface area contributed by atoms with E-state index in [-0.39, 0.29) is 5.75 Å². The van der Waals surface area contributed by atoms with Gasteiger partial charge in [-0.1, -0.05) is 48.5 Å². The Balaban J connectivity index is 1.85. The predicted molar refractivity (Wildman–Crippen MR) is 98.1 cm³/mol. The summed E-state index contributed by atoms with van der Waals surface area (Å²) in [7, 11) is 0. The molecule has 4 rings (SSSR count). The number of azo groups is 1. The molecule has 0 aliphatic carbocycles. The van der Waals surface area contributed by atoms with Crippen LogP contribution in [0.4, 0.5) is 17.1 Å². The van der Waals surface area contributed by atoms with E-state index in [0.717, 1.165) is 32.9 Å². The number of aromatic hydroxyl groups is 1. The van der Waals surface area contributed by atoms with Crippen LogP contribution in [-0.2, 0) is 0 Å². The largest absolute Gasteiger partial charge is 0.507 e. The molecule has 0 aliphatic rings. The van der Waals surface area contributed by atoms with Crippen molar-refractivity contribution >= 4 is 38.6 Å². The maximum absolute atomic E-state index is 9.97. The van der Waals surface area contributed by atoms with E-state index in [0.29, 0.717) is 5.69 Å². The Kier molecular flexibility index (Phi) is 3.35. The Bertz CT molecular complexity index is 1050. The van der Waals surface area contributed by atoms with Crippen molar-refractivity contribution < 1.29 is 5.11 Å². The number of nitrogen functional groups attached to an aromatic ring is 1. The molecule has 0 heterocycles. The van der Waals surface area contributed by atoms with Crippen LogP contribution < -0.4 is 5.73 Å². The van der Waals surface area contributed by atoms with E-state index in [4.69, 9.17) is 5.73 Å². The summed E-state index contributed by atoms with van der Waals surface area (Å²) in [6.45, 7) is 0. The zero-order valence-electron chi connectivity index (χ0n) is 12.8. The minimum atomic E-state index is 0.238. The van der Waals surface area contributed by atoms with Gasteiger partial charge in [0.25, 0.3) is 0 Å². The molecular weight excluding hydrogens is 298 g/mol. The monoisotopic (exact) mass is 313 g/mol. The van der Waals surface area contributed by atoms with Crippen molar-refractivity contribution in [1.29, 1.82) is 0 Å². The summed E-state index contributed by atoms with van der Waals surface area (Å²) in [5.74, 6) is 0.238. The topological polar surface area (TPSA) is 71.0 Å². The third kappa shape index (κ3) is 2.34. The van der Waals surface area contributed by atoms with Gasteiger partial charge in [0.2, 0.25) is 0 Å². The molecule has 0 saturated heterocycles. The molecule has 0 atom stereocenters. The average molecular weight is 313 g/mol. The van der Waals surface area contributed by atoms with Crippen LogP contribution in [-0.4, -0.2) is 5.11 Å². The summed E-state index contributed by atoms with van der Waals surface area (Å²) in [6.07, 6.45) is 0. The molecule has 0 bridgehead atoms. The van der Waals surface area contributed by atoms with Crippen LogP contribution in [0.2, 0.25) is 0 Å². The molecule has 4 heteroatoms. The van der Waals surface area contributed by atoms with Gasteiger partial charge in [0.05, 0.1) is 11.4 Å².